The van der Waals surface area contributed by atoms with E-state index in [1.54, 1.807) is 41.2 Å². The number of anilines is 2. The van der Waals surface area contributed by atoms with Crippen LogP contribution in [0.2, 0.25) is 0 Å². The van der Waals surface area contributed by atoms with Crippen molar-refractivity contribution in [1.82, 2.24) is 14.9 Å². The summed E-state index contributed by atoms with van der Waals surface area (Å²) >= 11 is 0. The van der Waals surface area contributed by atoms with Crippen molar-refractivity contribution < 1.29 is 18.8 Å². The van der Waals surface area contributed by atoms with E-state index >= 15 is 0 Å². The van der Waals surface area contributed by atoms with E-state index in [0.29, 0.717) is 11.7 Å². The van der Waals surface area contributed by atoms with Gasteiger partial charge in [-0.15, -0.1) is 0 Å². The predicted octanol–water partition coefficient (Wildman–Crippen LogP) is 3.92. The molecule has 0 atom stereocenters. The number of nitrogens with zero attached hydrogens (tertiary/aromatic N) is 2. The molecule has 2 aromatic heterocycles. The summed E-state index contributed by atoms with van der Waals surface area (Å²) in [6, 6.07) is 8.55. The number of pyridine rings is 1. The lowest BCUT2D eigenvalue weighted by molar-refractivity contribution is 0.0145. The van der Waals surface area contributed by atoms with E-state index in [2.05, 4.69) is 22.4 Å². The van der Waals surface area contributed by atoms with Gasteiger partial charge >= 0.3 is 0 Å². The third kappa shape index (κ3) is 4.22. The highest BCUT2D eigenvalue weighted by molar-refractivity contribution is 5.99. The van der Waals surface area contributed by atoms with Crippen LogP contribution in [0.15, 0.2) is 55.7 Å². The molecule has 4 rings (SSSR count). The molecule has 1 aromatic carbocycles. The van der Waals surface area contributed by atoms with Gasteiger partial charge < -0.3 is 10.1 Å². The highest BCUT2D eigenvalue weighted by Gasteiger charge is 2.24. The van der Waals surface area contributed by atoms with Gasteiger partial charge in [-0.25, -0.2) is 14.9 Å². The summed E-state index contributed by atoms with van der Waals surface area (Å²) in [7, 11) is 0. The van der Waals surface area contributed by atoms with Crippen LogP contribution in [0.5, 0.6) is 0 Å². The molecule has 1 amide bonds. The van der Waals surface area contributed by atoms with Crippen molar-refractivity contribution >= 4 is 22.9 Å². The smallest absolute Gasteiger partial charge is 0.278 e. The first-order valence-electron chi connectivity index (χ1n) is 9.33. The van der Waals surface area contributed by atoms with Crippen LogP contribution in [-0.2, 0) is 9.57 Å². The fourth-order valence-electron chi connectivity index (χ4n) is 3.08. The van der Waals surface area contributed by atoms with E-state index in [1.165, 1.54) is 6.26 Å². The second kappa shape index (κ2) is 8.32. The lowest BCUT2D eigenvalue weighted by Gasteiger charge is -2.15. The summed E-state index contributed by atoms with van der Waals surface area (Å²) in [6.45, 7) is 3.84. The van der Waals surface area contributed by atoms with E-state index in [9.17, 15) is 9.18 Å². The average molecular weight is 396 g/mol. The van der Waals surface area contributed by atoms with Gasteiger partial charge in [-0.3, -0.25) is 14.0 Å². The van der Waals surface area contributed by atoms with E-state index in [1.807, 2.05) is 6.07 Å². The Morgan fingerprint density at radius 3 is 2.93 bits per heavy atom. The Balaban J connectivity index is 1.58. The molecule has 2 N–H and O–H groups in total. The number of ether oxygens (including phenoxy) is 1. The molecule has 2 heterocycles. The van der Waals surface area contributed by atoms with Crippen LogP contribution >= 0.6 is 0 Å². The average Bonchev–Trinajstić information content (AvgIpc) is 3.46. The zero-order valence-electron chi connectivity index (χ0n) is 15.7. The Hall–Kier alpha value is -3.39. The minimum absolute atomic E-state index is 0.158. The normalized spacial score (nSPS) is 13.3. The minimum atomic E-state index is -0.475. The Bertz CT molecular complexity index is 1050. The number of imidazole rings is 1. The molecular formula is C21H21FN4O3. The third-order valence-electron chi connectivity index (χ3n) is 4.71. The van der Waals surface area contributed by atoms with Gasteiger partial charge in [0, 0.05) is 0 Å². The minimum Gasteiger partial charge on any atom is -0.499 e. The third-order valence-corrected chi connectivity index (χ3v) is 4.71. The summed E-state index contributed by atoms with van der Waals surface area (Å²) in [4.78, 5) is 21.9. The van der Waals surface area contributed by atoms with E-state index in [0.717, 1.165) is 23.9 Å². The van der Waals surface area contributed by atoms with Gasteiger partial charge in [0.15, 0.2) is 0 Å². The Labute approximate surface area is 167 Å². The predicted molar refractivity (Wildman–Crippen MR) is 106 cm³/mol. The monoisotopic (exact) mass is 396 g/mol. The highest BCUT2D eigenvalue weighted by Crippen LogP contribution is 2.41. The molecule has 0 saturated heterocycles. The van der Waals surface area contributed by atoms with Crippen molar-refractivity contribution in [2.24, 2.45) is 0 Å². The lowest BCUT2D eigenvalue weighted by atomic mass is 10.1. The summed E-state index contributed by atoms with van der Waals surface area (Å²) in [5.74, 6) is 0.00751. The van der Waals surface area contributed by atoms with Gasteiger partial charge in [-0.1, -0.05) is 12.6 Å². The fraction of sp³-hybridized carbons (Fsp3) is 0.238. The standard InChI is InChI=1S/C21H21FN4O3/c1-2-28-9-10-29-25-21(27)17-7-6-16-12-23-13-26(16)20(17)24-19-8-5-15(11-18(19)22)14-3-4-14/h2,5-8,11-14,24H,1,3-4,9-10H2,(H,25,27). The topological polar surface area (TPSA) is 76.9 Å². The number of carbonyl (C=O) groups excluding carboxylic acids is 1. The number of halogens is 1. The van der Waals surface area contributed by atoms with Crippen LogP contribution in [0, 0.1) is 5.82 Å². The molecule has 1 aliphatic rings. The summed E-state index contributed by atoms with van der Waals surface area (Å²) in [5.41, 5.74) is 4.70. The van der Waals surface area contributed by atoms with Gasteiger partial charge in [0.05, 0.1) is 29.2 Å². The van der Waals surface area contributed by atoms with Crippen LogP contribution < -0.4 is 10.8 Å². The Morgan fingerprint density at radius 1 is 1.31 bits per heavy atom. The quantitative estimate of drug-likeness (QED) is 0.326. The summed E-state index contributed by atoms with van der Waals surface area (Å²) in [6.07, 6.45) is 6.71. The fourth-order valence-corrected chi connectivity index (χ4v) is 3.08. The van der Waals surface area contributed by atoms with Crippen molar-refractivity contribution in [3.63, 3.8) is 0 Å². The van der Waals surface area contributed by atoms with Crippen molar-refractivity contribution in [2.75, 3.05) is 18.5 Å². The molecule has 0 unspecified atom stereocenters. The van der Waals surface area contributed by atoms with Gasteiger partial charge in [-0.2, -0.15) is 0 Å². The Kier molecular flexibility index (Phi) is 5.44. The maximum Gasteiger partial charge on any atom is 0.278 e. The number of hydrogen-bond donors (Lipinski definition) is 2. The molecule has 8 heteroatoms. The van der Waals surface area contributed by atoms with Gasteiger partial charge in [0.2, 0.25) is 0 Å². The number of rotatable bonds is 9. The van der Waals surface area contributed by atoms with Crippen molar-refractivity contribution in [1.29, 1.82) is 0 Å². The molecule has 0 aliphatic heterocycles. The second-order valence-corrected chi connectivity index (χ2v) is 6.74. The largest absolute Gasteiger partial charge is 0.499 e. The summed E-state index contributed by atoms with van der Waals surface area (Å²) < 4.78 is 21.3. The maximum absolute atomic E-state index is 14.7. The van der Waals surface area contributed by atoms with Gasteiger partial charge in [-0.05, 0) is 48.6 Å². The van der Waals surface area contributed by atoms with Gasteiger partial charge in [0.1, 0.15) is 31.2 Å². The number of amides is 1. The molecule has 1 saturated carbocycles. The number of hydroxylamine groups is 1. The molecule has 0 bridgehead atoms. The van der Waals surface area contributed by atoms with Crippen molar-refractivity contribution in [3.8, 4) is 0 Å². The molecular weight excluding hydrogens is 375 g/mol. The molecule has 1 aliphatic carbocycles. The molecule has 0 radical (unpaired) electrons. The van der Waals surface area contributed by atoms with Crippen LogP contribution in [0.25, 0.3) is 5.52 Å². The Morgan fingerprint density at radius 2 is 2.17 bits per heavy atom. The van der Waals surface area contributed by atoms with Crippen molar-refractivity contribution in [2.45, 2.75) is 18.8 Å². The lowest BCUT2D eigenvalue weighted by Crippen LogP contribution is -2.26. The second-order valence-electron chi connectivity index (χ2n) is 6.74. The zero-order chi connectivity index (χ0) is 20.2. The van der Waals surface area contributed by atoms with E-state index < -0.39 is 5.91 Å². The number of nitrogens with one attached hydrogen (secondary N) is 2. The summed E-state index contributed by atoms with van der Waals surface area (Å²) in [5, 5.41) is 3.04. The number of aromatic nitrogens is 2. The number of hydrogen-bond acceptors (Lipinski definition) is 5. The first-order valence-corrected chi connectivity index (χ1v) is 9.33. The van der Waals surface area contributed by atoms with Crippen LogP contribution in [0.4, 0.5) is 15.9 Å². The van der Waals surface area contributed by atoms with Crippen LogP contribution in [0.3, 0.4) is 0 Å². The zero-order valence-corrected chi connectivity index (χ0v) is 15.7. The first kappa shape index (κ1) is 18.9. The van der Waals surface area contributed by atoms with E-state index in [-0.39, 0.29) is 30.3 Å². The first-order chi connectivity index (χ1) is 14.2. The SMILES string of the molecule is C=COCCONC(=O)c1ccc2cncn2c1Nc1ccc(C2CC2)cc1F. The van der Waals surface area contributed by atoms with Gasteiger partial charge in [0.25, 0.3) is 5.91 Å². The molecule has 1 fully saturated rings. The maximum atomic E-state index is 14.7. The highest BCUT2D eigenvalue weighted by atomic mass is 19.1. The van der Waals surface area contributed by atoms with Crippen LogP contribution in [0.1, 0.15) is 34.7 Å². The molecule has 150 valence electrons. The molecule has 0 spiro atoms. The number of benzene rings is 1. The number of carbonyl (C=O) groups is 1. The molecule has 7 nitrogen and oxygen atoms in total. The molecule has 3 aromatic rings. The molecule has 29 heavy (non-hydrogen) atoms. The van der Waals surface area contributed by atoms with Crippen LogP contribution in [-0.4, -0.2) is 28.5 Å². The van der Waals surface area contributed by atoms with E-state index in [4.69, 9.17) is 9.57 Å². The van der Waals surface area contributed by atoms with Crippen molar-refractivity contribution in [3.05, 3.63) is 72.6 Å². The number of fused-ring (bicyclic) bond motifs is 1.